The topological polar surface area (TPSA) is 22.4 Å². The fourth-order valence-electron chi connectivity index (χ4n) is 1.88. The van der Waals surface area contributed by atoms with Crippen LogP contribution in [0.4, 0.5) is 8.78 Å². The van der Waals surface area contributed by atoms with Gasteiger partial charge in [-0.3, -0.25) is 0 Å². The van der Waals surface area contributed by atoms with Crippen LogP contribution in [0.5, 0.6) is 5.75 Å². The lowest BCUT2D eigenvalue weighted by Gasteiger charge is -2.05. The fraction of sp³-hybridized carbons (Fsp3) is 0.0667. The number of fused-ring (bicyclic) bond motifs is 1. The fourth-order valence-corrected chi connectivity index (χ4v) is 1.88. The molecule has 0 atom stereocenters. The number of halogens is 2. The van der Waals surface area contributed by atoms with Gasteiger partial charge in [-0.15, -0.1) is 0 Å². The van der Waals surface area contributed by atoms with Crippen molar-refractivity contribution in [3.8, 4) is 5.75 Å². The third kappa shape index (κ3) is 2.29. The number of para-hydroxylation sites is 1. The van der Waals surface area contributed by atoms with Crippen molar-refractivity contribution >= 4 is 11.0 Å². The van der Waals surface area contributed by atoms with E-state index < -0.39 is 5.82 Å². The van der Waals surface area contributed by atoms with Crippen molar-refractivity contribution in [1.29, 1.82) is 0 Å². The first kappa shape index (κ1) is 11.7. The Morgan fingerprint density at radius 3 is 2.74 bits per heavy atom. The van der Waals surface area contributed by atoms with Crippen LogP contribution in [0, 0.1) is 11.6 Å². The van der Waals surface area contributed by atoms with Gasteiger partial charge in [0.2, 0.25) is 0 Å². The molecule has 0 N–H and O–H groups in total. The van der Waals surface area contributed by atoms with Gasteiger partial charge in [-0.25, -0.2) is 8.78 Å². The molecule has 2 aromatic carbocycles. The highest BCUT2D eigenvalue weighted by molar-refractivity contribution is 5.80. The van der Waals surface area contributed by atoms with E-state index in [2.05, 4.69) is 0 Å². The van der Waals surface area contributed by atoms with E-state index in [0.717, 1.165) is 0 Å². The van der Waals surface area contributed by atoms with Gasteiger partial charge >= 0.3 is 0 Å². The van der Waals surface area contributed by atoms with Gasteiger partial charge in [0.05, 0.1) is 6.26 Å². The Labute approximate surface area is 108 Å². The van der Waals surface area contributed by atoms with Crippen LogP contribution in [-0.2, 0) is 6.61 Å². The molecule has 0 amide bonds. The summed E-state index contributed by atoms with van der Waals surface area (Å²) in [5, 5.41) is 0.635. The van der Waals surface area contributed by atoms with Gasteiger partial charge in [-0.1, -0.05) is 12.1 Å². The monoisotopic (exact) mass is 260 g/mol. The molecule has 0 aliphatic carbocycles. The van der Waals surface area contributed by atoms with E-state index in [4.69, 9.17) is 9.15 Å². The summed E-state index contributed by atoms with van der Waals surface area (Å²) in [6, 6.07) is 10.4. The maximum Gasteiger partial charge on any atom is 0.165 e. The summed E-state index contributed by atoms with van der Waals surface area (Å²) in [6.07, 6.45) is 1.49. The molecule has 1 heterocycles. The molecule has 3 rings (SSSR count). The minimum atomic E-state index is -0.429. The first-order valence-corrected chi connectivity index (χ1v) is 5.77. The molecule has 96 valence electrons. The summed E-state index contributed by atoms with van der Waals surface area (Å²) in [5.41, 5.74) is 1.26. The predicted molar refractivity (Wildman–Crippen MR) is 66.9 cm³/mol. The molecule has 0 saturated heterocycles. The number of ether oxygens (including phenoxy) is 1. The van der Waals surface area contributed by atoms with Crippen molar-refractivity contribution in [2.24, 2.45) is 0 Å². The third-order valence-corrected chi connectivity index (χ3v) is 2.84. The summed E-state index contributed by atoms with van der Waals surface area (Å²) >= 11 is 0. The van der Waals surface area contributed by atoms with Gasteiger partial charge in [0.15, 0.2) is 11.6 Å². The summed E-state index contributed by atoms with van der Waals surface area (Å²) < 4.78 is 37.2. The lowest BCUT2D eigenvalue weighted by Crippen LogP contribution is -1.96. The van der Waals surface area contributed by atoms with E-state index in [1.54, 1.807) is 18.2 Å². The van der Waals surface area contributed by atoms with Crippen molar-refractivity contribution in [3.05, 3.63) is 65.9 Å². The molecule has 0 aliphatic rings. The van der Waals surface area contributed by atoms with E-state index in [9.17, 15) is 8.78 Å². The molecule has 0 aliphatic heterocycles. The molecule has 0 fully saturated rings. The molecule has 4 heteroatoms. The quantitative estimate of drug-likeness (QED) is 0.701. The van der Waals surface area contributed by atoms with Crippen LogP contribution in [0.1, 0.15) is 5.56 Å². The number of hydrogen-bond acceptors (Lipinski definition) is 2. The largest absolute Gasteiger partial charge is 0.486 e. The van der Waals surface area contributed by atoms with E-state index in [0.29, 0.717) is 16.5 Å². The Morgan fingerprint density at radius 2 is 1.89 bits per heavy atom. The Morgan fingerprint density at radius 1 is 1.05 bits per heavy atom. The summed E-state index contributed by atoms with van der Waals surface area (Å²) in [4.78, 5) is 0. The van der Waals surface area contributed by atoms with Crippen molar-refractivity contribution in [3.63, 3.8) is 0 Å². The maximum atomic E-state index is 13.4. The van der Waals surface area contributed by atoms with Gasteiger partial charge < -0.3 is 9.15 Å². The molecule has 0 radical (unpaired) electrons. The number of benzene rings is 2. The van der Waals surface area contributed by atoms with Crippen LogP contribution in [0.25, 0.3) is 11.0 Å². The molecule has 0 bridgehead atoms. The van der Waals surface area contributed by atoms with Crippen LogP contribution < -0.4 is 4.74 Å². The predicted octanol–water partition coefficient (Wildman–Crippen LogP) is 4.29. The average Bonchev–Trinajstić information content (AvgIpc) is 2.80. The van der Waals surface area contributed by atoms with E-state index >= 15 is 0 Å². The number of furan rings is 1. The lowest BCUT2D eigenvalue weighted by atomic mass is 10.2. The number of rotatable bonds is 3. The summed E-state index contributed by atoms with van der Waals surface area (Å²) in [7, 11) is 0. The normalized spacial score (nSPS) is 10.8. The Hall–Kier alpha value is -2.36. The second-order valence-electron chi connectivity index (χ2n) is 4.12. The molecule has 1 aromatic heterocycles. The van der Waals surface area contributed by atoms with Gasteiger partial charge in [-0.2, -0.15) is 0 Å². The molecule has 19 heavy (non-hydrogen) atoms. The molecule has 2 nitrogen and oxygen atoms in total. The highest BCUT2D eigenvalue weighted by Gasteiger charge is 2.09. The second kappa shape index (κ2) is 4.72. The maximum absolute atomic E-state index is 13.4. The van der Waals surface area contributed by atoms with Crippen LogP contribution in [0.2, 0.25) is 0 Å². The van der Waals surface area contributed by atoms with Gasteiger partial charge in [-0.05, 0) is 30.3 Å². The van der Waals surface area contributed by atoms with Gasteiger partial charge in [0.1, 0.15) is 18.0 Å². The van der Waals surface area contributed by atoms with Crippen molar-refractivity contribution in [1.82, 2.24) is 0 Å². The lowest BCUT2D eigenvalue weighted by molar-refractivity contribution is 0.290. The zero-order valence-electron chi connectivity index (χ0n) is 9.90. The van der Waals surface area contributed by atoms with Crippen molar-refractivity contribution < 1.29 is 17.9 Å². The molecule has 0 saturated carbocycles. The minimum Gasteiger partial charge on any atom is -0.486 e. The highest BCUT2D eigenvalue weighted by Crippen LogP contribution is 2.24. The third-order valence-electron chi connectivity index (χ3n) is 2.84. The smallest absolute Gasteiger partial charge is 0.165 e. The second-order valence-corrected chi connectivity index (χ2v) is 4.12. The SMILES string of the molecule is Fc1ccc2occ(COc3ccccc3F)c2c1. The first-order chi connectivity index (χ1) is 9.24. The molecular formula is C15H10F2O2. The average molecular weight is 260 g/mol. The van der Waals surface area contributed by atoms with E-state index in [1.807, 2.05) is 0 Å². The van der Waals surface area contributed by atoms with Crippen LogP contribution in [0.15, 0.2) is 53.1 Å². The minimum absolute atomic E-state index is 0.122. The van der Waals surface area contributed by atoms with Gasteiger partial charge in [0.25, 0.3) is 0 Å². The van der Waals surface area contributed by atoms with Crippen LogP contribution >= 0.6 is 0 Å². The Kier molecular flexibility index (Phi) is 2.91. The zero-order valence-corrected chi connectivity index (χ0v) is 9.90. The molecule has 0 spiro atoms. The summed E-state index contributed by atoms with van der Waals surface area (Å²) in [6.45, 7) is 0.122. The van der Waals surface area contributed by atoms with Crippen molar-refractivity contribution in [2.75, 3.05) is 0 Å². The number of hydrogen-bond donors (Lipinski definition) is 0. The molecular weight excluding hydrogens is 250 g/mol. The molecule has 3 aromatic rings. The summed E-state index contributed by atoms with van der Waals surface area (Å²) in [5.74, 6) is -0.615. The zero-order chi connectivity index (χ0) is 13.2. The molecule has 0 unspecified atom stereocenters. The van der Waals surface area contributed by atoms with Crippen molar-refractivity contribution in [2.45, 2.75) is 6.61 Å². The Bertz CT molecular complexity index is 719. The van der Waals surface area contributed by atoms with E-state index in [1.165, 1.54) is 30.5 Å². The van der Waals surface area contributed by atoms with Gasteiger partial charge in [0, 0.05) is 10.9 Å². The highest BCUT2D eigenvalue weighted by atomic mass is 19.1. The van der Waals surface area contributed by atoms with Crippen LogP contribution in [-0.4, -0.2) is 0 Å². The first-order valence-electron chi connectivity index (χ1n) is 5.77. The van der Waals surface area contributed by atoms with E-state index in [-0.39, 0.29) is 18.2 Å². The Balaban J connectivity index is 1.86. The van der Waals surface area contributed by atoms with Crippen LogP contribution in [0.3, 0.4) is 0 Å². The standard InChI is InChI=1S/C15H10F2O2/c16-11-5-6-14-12(7-11)10(8-18-14)9-19-15-4-2-1-3-13(15)17/h1-8H,9H2.